The molecule has 1 aliphatic carbocycles. The molecule has 0 saturated heterocycles. The highest BCUT2D eigenvalue weighted by molar-refractivity contribution is 5.57. The molecule has 4 N–H and O–H groups in total. The molecule has 2 aromatic heterocycles. The van der Waals surface area contributed by atoms with Crippen LogP contribution in [-0.2, 0) is 12.8 Å². The molecule has 1 unspecified atom stereocenters. The number of fused-ring (bicyclic) bond motifs is 1. The first-order valence-electron chi connectivity index (χ1n) is 6.27. The van der Waals surface area contributed by atoms with Gasteiger partial charge < -0.3 is 11.5 Å². The number of hydrogen-bond acceptors (Lipinski definition) is 4. The van der Waals surface area contributed by atoms with Crippen molar-refractivity contribution in [2.75, 3.05) is 5.73 Å². The number of nitrogens with zero attached hydrogens (tertiary/aromatic N) is 2. The van der Waals surface area contributed by atoms with Gasteiger partial charge in [-0.05, 0) is 42.2 Å². The molecule has 0 spiro atoms. The second-order valence-electron chi connectivity index (χ2n) is 5.06. The van der Waals surface area contributed by atoms with Crippen molar-refractivity contribution in [3.63, 3.8) is 0 Å². The van der Waals surface area contributed by atoms with E-state index in [-0.39, 0.29) is 5.54 Å². The minimum Gasteiger partial charge on any atom is -0.384 e. The van der Waals surface area contributed by atoms with Gasteiger partial charge in [0.1, 0.15) is 5.82 Å². The Hall–Kier alpha value is -2.20. The minimum absolute atomic E-state index is 0.381. The molecule has 0 aliphatic heterocycles. The van der Waals surface area contributed by atoms with Gasteiger partial charge in [-0.1, -0.05) is 18.2 Å². The second kappa shape index (κ2) is 4.48. The minimum atomic E-state index is -0.381. The molecule has 4 heteroatoms. The summed E-state index contributed by atoms with van der Waals surface area (Å²) in [5.41, 5.74) is 15.0. The highest BCUT2D eigenvalue weighted by atomic mass is 14.8. The predicted octanol–water partition coefficient (Wildman–Crippen LogP) is 1.57. The summed E-state index contributed by atoms with van der Waals surface area (Å²) in [5, 5.41) is 0. The molecular weight excluding hydrogens is 236 g/mol. The number of rotatable bonds is 2. The maximum atomic E-state index is 6.47. The molecule has 0 amide bonds. The normalized spacial score (nSPS) is 21.1. The lowest BCUT2D eigenvalue weighted by Gasteiger charge is -2.30. The Morgan fingerprint density at radius 1 is 1.26 bits per heavy atom. The molecule has 0 radical (unpaired) electrons. The summed E-state index contributed by atoms with van der Waals surface area (Å²) in [6.45, 7) is 0. The van der Waals surface area contributed by atoms with E-state index in [0.717, 1.165) is 29.7 Å². The van der Waals surface area contributed by atoms with E-state index >= 15 is 0 Å². The van der Waals surface area contributed by atoms with Crippen LogP contribution in [0.2, 0.25) is 0 Å². The van der Waals surface area contributed by atoms with Crippen LogP contribution in [-0.4, -0.2) is 15.5 Å². The molecule has 3 rings (SSSR count). The van der Waals surface area contributed by atoms with Crippen LogP contribution in [0.5, 0.6) is 0 Å². The molecule has 96 valence electrons. The summed E-state index contributed by atoms with van der Waals surface area (Å²) >= 11 is 0. The van der Waals surface area contributed by atoms with Crippen molar-refractivity contribution in [2.24, 2.45) is 5.73 Å². The zero-order valence-electron chi connectivity index (χ0n) is 10.6. The van der Waals surface area contributed by atoms with Gasteiger partial charge in [0, 0.05) is 17.9 Å². The molecule has 0 aromatic carbocycles. The Morgan fingerprint density at radius 3 is 2.95 bits per heavy atom. The maximum Gasteiger partial charge on any atom is 0.124 e. The molecule has 1 atom stereocenters. The molecule has 0 bridgehead atoms. The molecule has 4 nitrogen and oxygen atoms in total. The van der Waals surface area contributed by atoms with Crippen molar-refractivity contribution < 1.29 is 0 Å². The topological polar surface area (TPSA) is 77.8 Å². The predicted molar refractivity (Wildman–Crippen MR) is 76.2 cm³/mol. The molecule has 0 fully saturated rings. The van der Waals surface area contributed by atoms with Gasteiger partial charge in [0.25, 0.3) is 0 Å². The highest BCUT2D eigenvalue weighted by Gasteiger charge is 2.27. The van der Waals surface area contributed by atoms with E-state index in [4.69, 9.17) is 11.5 Å². The number of anilines is 1. The molecular formula is C15H16N4. The highest BCUT2D eigenvalue weighted by Crippen LogP contribution is 2.26. The summed E-state index contributed by atoms with van der Waals surface area (Å²) in [6, 6.07) is 7.81. The quantitative estimate of drug-likeness (QED) is 0.850. The summed E-state index contributed by atoms with van der Waals surface area (Å²) in [4.78, 5) is 8.44. The van der Waals surface area contributed by atoms with Gasteiger partial charge in [-0.15, -0.1) is 0 Å². The lowest BCUT2D eigenvalue weighted by Crippen LogP contribution is -2.43. The third-order valence-corrected chi connectivity index (χ3v) is 3.38. The second-order valence-corrected chi connectivity index (χ2v) is 5.06. The average Bonchev–Trinajstić information content (AvgIpc) is 2.40. The van der Waals surface area contributed by atoms with Crippen molar-refractivity contribution in [3.05, 3.63) is 59.6 Å². The van der Waals surface area contributed by atoms with Crippen LogP contribution in [0.25, 0.3) is 6.08 Å². The van der Waals surface area contributed by atoms with E-state index in [1.54, 1.807) is 6.20 Å². The Labute approximate surface area is 112 Å². The zero-order chi connectivity index (χ0) is 13.3. The van der Waals surface area contributed by atoms with E-state index in [0.29, 0.717) is 5.82 Å². The number of nitrogens with two attached hydrogens (primary N) is 2. The fraction of sp³-hybridized carbons (Fsp3) is 0.200. The van der Waals surface area contributed by atoms with Gasteiger partial charge in [0.05, 0.1) is 5.69 Å². The van der Waals surface area contributed by atoms with Crippen molar-refractivity contribution in [2.45, 2.75) is 18.4 Å². The van der Waals surface area contributed by atoms with Crippen molar-refractivity contribution in [3.8, 4) is 0 Å². The summed E-state index contributed by atoms with van der Waals surface area (Å²) in [7, 11) is 0. The third kappa shape index (κ3) is 2.48. The maximum absolute atomic E-state index is 6.47. The number of aromatic nitrogens is 2. The molecule has 2 aromatic rings. The van der Waals surface area contributed by atoms with Gasteiger partial charge in [-0.25, -0.2) is 4.98 Å². The molecule has 1 aliphatic rings. The Morgan fingerprint density at radius 2 is 2.16 bits per heavy atom. The van der Waals surface area contributed by atoms with Gasteiger partial charge in [0.15, 0.2) is 0 Å². The van der Waals surface area contributed by atoms with Gasteiger partial charge in [-0.3, -0.25) is 4.98 Å². The number of pyridine rings is 2. The van der Waals surface area contributed by atoms with Gasteiger partial charge in [0.2, 0.25) is 0 Å². The van der Waals surface area contributed by atoms with E-state index in [9.17, 15) is 0 Å². The van der Waals surface area contributed by atoms with Crippen molar-refractivity contribution in [1.29, 1.82) is 0 Å². The Balaban J connectivity index is 1.87. The SMILES string of the molecule is Nc1ccc2c(n1)C=CC(N)(Cc1cccnc1)C2. The lowest BCUT2D eigenvalue weighted by atomic mass is 9.82. The number of hydrogen-bond donors (Lipinski definition) is 2. The summed E-state index contributed by atoms with van der Waals surface area (Å²) in [6.07, 6.45) is 9.15. The van der Waals surface area contributed by atoms with E-state index < -0.39 is 0 Å². The van der Waals surface area contributed by atoms with Gasteiger partial charge in [-0.2, -0.15) is 0 Å². The molecule has 2 heterocycles. The van der Waals surface area contributed by atoms with Gasteiger partial charge >= 0.3 is 0 Å². The average molecular weight is 252 g/mol. The zero-order valence-corrected chi connectivity index (χ0v) is 10.6. The van der Waals surface area contributed by atoms with Crippen LogP contribution in [0.3, 0.4) is 0 Å². The van der Waals surface area contributed by atoms with Crippen molar-refractivity contribution in [1.82, 2.24) is 9.97 Å². The fourth-order valence-electron chi connectivity index (χ4n) is 2.48. The Bertz CT molecular complexity index is 621. The lowest BCUT2D eigenvalue weighted by molar-refractivity contribution is 0.517. The summed E-state index contributed by atoms with van der Waals surface area (Å²) in [5.74, 6) is 0.542. The van der Waals surface area contributed by atoms with Crippen LogP contribution < -0.4 is 11.5 Å². The van der Waals surface area contributed by atoms with Crippen LogP contribution in [0.15, 0.2) is 42.7 Å². The monoisotopic (exact) mass is 252 g/mol. The first-order valence-corrected chi connectivity index (χ1v) is 6.27. The van der Waals surface area contributed by atoms with Crippen LogP contribution in [0, 0.1) is 0 Å². The van der Waals surface area contributed by atoms with E-state index in [1.807, 2.05) is 42.6 Å². The van der Waals surface area contributed by atoms with Crippen LogP contribution in [0.1, 0.15) is 16.8 Å². The molecule has 19 heavy (non-hydrogen) atoms. The van der Waals surface area contributed by atoms with E-state index in [2.05, 4.69) is 9.97 Å². The number of nitrogen functional groups attached to an aromatic ring is 1. The first kappa shape index (κ1) is 11.9. The van der Waals surface area contributed by atoms with Crippen molar-refractivity contribution >= 4 is 11.9 Å². The largest absolute Gasteiger partial charge is 0.384 e. The Kier molecular flexibility index (Phi) is 2.80. The van der Waals surface area contributed by atoms with E-state index in [1.165, 1.54) is 0 Å². The fourth-order valence-corrected chi connectivity index (χ4v) is 2.48. The first-order chi connectivity index (χ1) is 9.15. The standard InChI is InChI=1S/C15H16N4/c16-14-4-3-12-9-15(17,6-5-13(12)19-14)8-11-2-1-7-18-10-11/h1-7,10H,8-9,17H2,(H2,16,19). The summed E-state index contributed by atoms with van der Waals surface area (Å²) < 4.78 is 0. The van der Waals surface area contributed by atoms with Crippen LogP contribution in [0.4, 0.5) is 5.82 Å². The van der Waals surface area contributed by atoms with Crippen LogP contribution >= 0.6 is 0 Å². The molecule has 0 saturated carbocycles. The third-order valence-electron chi connectivity index (χ3n) is 3.38. The smallest absolute Gasteiger partial charge is 0.124 e.